The first kappa shape index (κ1) is 40.0. The highest BCUT2D eigenvalue weighted by Gasteiger charge is 2.81. The maximum atomic E-state index is 12.1. The molecule has 0 amide bonds. The van der Waals surface area contributed by atoms with Gasteiger partial charge >= 0.3 is 0 Å². The SMILES string of the molecule is CC(C)=C[C@@H]1C[C@](C)(O)[C@@H]2[C@@H]3CC[C@@H]4[C@@]5(C)CC[C@H](O[C@@H]6O[C@H](CO)[C@@H](O)[C@H](O)[C@H]6O[C@@H]6O[C@@H](CO)[C@H](O)[C@H]6O)C(C)(C)[C@H]5CC[C@@]4(C)[C@@]34CO[C@@]2(C4)O1. The van der Waals surface area contributed by atoms with E-state index in [1.165, 1.54) is 5.57 Å². The van der Waals surface area contributed by atoms with Crippen LogP contribution in [0.1, 0.15) is 99.8 Å². The molecule has 8 aliphatic rings. The van der Waals surface area contributed by atoms with Gasteiger partial charge in [-0.2, -0.15) is 0 Å². The molecule has 8 fully saturated rings. The van der Waals surface area contributed by atoms with Crippen molar-refractivity contribution in [3.05, 3.63) is 11.6 Å². The number of rotatable bonds is 7. The summed E-state index contributed by atoms with van der Waals surface area (Å²) in [5, 5.41) is 74.8. The van der Waals surface area contributed by atoms with E-state index in [4.69, 9.17) is 28.4 Å². The maximum absolute atomic E-state index is 12.1. The average molecular weight is 767 g/mol. The molecule has 4 aliphatic carbocycles. The zero-order valence-corrected chi connectivity index (χ0v) is 33.1. The van der Waals surface area contributed by atoms with E-state index in [1.807, 2.05) is 6.92 Å². The maximum Gasteiger partial charge on any atom is 0.187 e. The zero-order valence-electron chi connectivity index (χ0n) is 33.1. The van der Waals surface area contributed by atoms with Crippen LogP contribution in [0.15, 0.2) is 11.6 Å². The Balaban J connectivity index is 1.04. The molecule has 0 aromatic heterocycles. The Kier molecular flexibility index (Phi) is 9.91. The van der Waals surface area contributed by atoms with Gasteiger partial charge in [-0.25, -0.2) is 0 Å². The minimum atomic E-state index is -1.56. The van der Waals surface area contributed by atoms with Crippen LogP contribution in [0.4, 0.5) is 0 Å². The quantitative estimate of drug-likeness (QED) is 0.147. The van der Waals surface area contributed by atoms with E-state index in [2.05, 4.69) is 47.6 Å². The topological polar surface area (TPSA) is 197 Å². The van der Waals surface area contributed by atoms with Crippen molar-refractivity contribution in [2.45, 2.75) is 179 Å². The molecule has 54 heavy (non-hydrogen) atoms. The molecule has 20 atom stereocenters. The predicted molar refractivity (Wildman–Crippen MR) is 192 cm³/mol. The van der Waals surface area contributed by atoms with Gasteiger partial charge in [0.2, 0.25) is 0 Å². The standard InChI is InChI=1S/C41H66O13/c1-20(2)14-21-15-39(7,48)33-22-8-9-26-37(5)12-11-27(36(3,4)25(37)10-13-38(26,6)40(22)18-41(33,54-21)49-19-40)52-35-32(30(46)28(44)23(16-42)51-35)53-34-31(47)29(45)24(17-43)50-34/h14,21-35,42-48H,8-13,15-19H2,1-7H3/t21-,22+,23-,24+,25-,26-,27+,28-,29+,30+,31-,32-,33+,34+,35+,37+,38-,39+,40+,41+/m1/s1. The van der Waals surface area contributed by atoms with E-state index < -0.39 is 79.9 Å². The Morgan fingerprint density at radius 3 is 2.11 bits per heavy atom. The molecule has 2 spiro atoms. The molecule has 7 N–H and O–H groups in total. The van der Waals surface area contributed by atoms with Crippen molar-refractivity contribution in [3.63, 3.8) is 0 Å². The molecule has 0 unspecified atom stereocenters. The highest BCUT2D eigenvalue weighted by Crippen LogP contribution is 2.80. The molecule has 13 heteroatoms. The van der Waals surface area contributed by atoms with Crippen molar-refractivity contribution in [1.82, 2.24) is 0 Å². The summed E-state index contributed by atoms with van der Waals surface area (Å²) in [7, 11) is 0. The van der Waals surface area contributed by atoms with Crippen LogP contribution in [0, 0.1) is 45.3 Å². The minimum absolute atomic E-state index is 0.0164. The van der Waals surface area contributed by atoms with Gasteiger partial charge in [0.25, 0.3) is 0 Å². The monoisotopic (exact) mass is 766 g/mol. The van der Waals surface area contributed by atoms with Gasteiger partial charge < -0.3 is 64.2 Å². The molecule has 308 valence electrons. The molecule has 0 radical (unpaired) electrons. The third-order valence-corrected chi connectivity index (χ3v) is 16.7. The van der Waals surface area contributed by atoms with Crippen LogP contribution >= 0.6 is 0 Å². The van der Waals surface area contributed by atoms with Crippen LogP contribution in [0.25, 0.3) is 0 Å². The number of aliphatic hydroxyl groups is 7. The van der Waals surface area contributed by atoms with Crippen LogP contribution in [0.2, 0.25) is 0 Å². The van der Waals surface area contributed by atoms with E-state index in [1.54, 1.807) is 0 Å². The smallest absolute Gasteiger partial charge is 0.187 e. The second-order valence-electron chi connectivity index (χ2n) is 20.1. The van der Waals surface area contributed by atoms with Gasteiger partial charge in [0.15, 0.2) is 18.4 Å². The predicted octanol–water partition coefficient (Wildman–Crippen LogP) is 2.14. The van der Waals surface area contributed by atoms with Crippen molar-refractivity contribution in [2.24, 2.45) is 45.3 Å². The van der Waals surface area contributed by atoms with E-state index in [0.717, 1.165) is 38.5 Å². The number of aliphatic hydroxyl groups excluding tert-OH is 6. The van der Waals surface area contributed by atoms with Crippen LogP contribution in [0.5, 0.6) is 0 Å². The summed E-state index contributed by atoms with van der Waals surface area (Å²) in [6.07, 6.45) is -3.44. The highest BCUT2D eigenvalue weighted by atomic mass is 16.8. The van der Waals surface area contributed by atoms with Gasteiger partial charge in [-0.1, -0.05) is 39.3 Å². The summed E-state index contributed by atoms with van der Waals surface area (Å²) in [5.41, 5.74) is -0.203. The number of ether oxygens (including phenoxy) is 6. The lowest BCUT2D eigenvalue weighted by atomic mass is 9.35. The molecule has 0 aromatic carbocycles. The summed E-state index contributed by atoms with van der Waals surface area (Å²) in [4.78, 5) is 0. The highest BCUT2D eigenvalue weighted by molar-refractivity contribution is 5.26. The van der Waals surface area contributed by atoms with E-state index in [9.17, 15) is 35.7 Å². The first-order valence-corrected chi connectivity index (χ1v) is 20.5. The Morgan fingerprint density at radius 2 is 1.44 bits per heavy atom. The molecule has 4 saturated carbocycles. The van der Waals surface area contributed by atoms with E-state index >= 15 is 0 Å². The molecule has 13 nitrogen and oxygen atoms in total. The molecular formula is C41H66O13. The number of allylic oxidation sites excluding steroid dienone is 1. The Morgan fingerprint density at radius 1 is 0.778 bits per heavy atom. The zero-order chi connectivity index (χ0) is 39.0. The lowest BCUT2D eigenvalue weighted by molar-refractivity contribution is -0.358. The fraction of sp³-hybridized carbons (Fsp3) is 0.951. The van der Waals surface area contributed by atoms with Gasteiger partial charge in [0, 0.05) is 24.2 Å². The molecule has 8 rings (SSSR count). The Hall–Kier alpha value is -0.780. The summed E-state index contributed by atoms with van der Waals surface area (Å²) in [6.45, 7) is 15.2. The van der Waals surface area contributed by atoms with Crippen molar-refractivity contribution in [1.29, 1.82) is 0 Å². The minimum Gasteiger partial charge on any atom is -0.394 e. The number of hydrogen-bond donors (Lipinski definition) is 7. The molecule has 0 aromatic rings. The van der Waals surface area contributed by atoms with Crippen molar-refractivity contribution in [3.8, 4) is 0 Å². The fourth-order valence-corrected chi connectivity index (χ4v) is 14.4. The summed E-state index contributed by atoms with van der Waals surface area (Å²) < 4.78 is 38.1. The molecular weight excluding hydrogens is 700 g/mol. The first-order valence-electron chi connectivity index (χ1n) is 20.5. The van der Waals surface area contributed by atoms with Gasteiger partial charge in [0.1, 0.15) is 42.7 Å². The van der Waals surface area contributed by atoms with E-state index in [-0.39, 0.29) is 45.7 Å². The Bertz CT molecular complexity index is 1450. The molecule has 4 aliphatic heterocycles. The second-order valence-corrected chi connectivity index (χ2v) is 20.1. The first-order chi connectivity index (χ1) is 25.3. The van der Waals surface area contributed by atoms with Gasteiger partial charge in [0.05, 0.1) is 37.6 Å². The largest absolute Gasteiger partial charge is 0.394 e. The van der Waals surface area contributed by atoms with Crippen molar-refractivity contribution >= 4 is 0 Å². The lowest BCUT2D eigenvalue weighted by Gasteiger charge is -2.70. The lowest BCUT2D eigenvalue weighted by Crippen LogP contribution is -2.67. The van der Waals surface area contributed by atoms with Gasteiger partial charge in [-0.3, -0.25) is 0 Å². The molecule has 4 heterocycles. The summed E-state index contributed by atoms with van der Waals surface area (Å²) >= 11 is 0. The summed E-state index contributed by atoms with van der Waals surface area (Å²) in [5.74, 6) is 0.176. The number of hydrogen-bond acceptors (Lipinski definition) is 13. The third kappa shape index (κ3) is 5.58. The number of fused-ring (bicyclic) bond motifs is 4. The average Bonchev–Trinajstić information content (AvgIpc) is 3.71. The van der Waals surface area contributed by atoms with Crippen LogP contribution < -0.4 is 0 Å². The van der Waals surface area contributed by atoms with Crippen molar-refractivity contribution < 1.29 is 64.2 Å². The normalized spacial score (nSPS) is 57.5. The third-order valence-electron chi connectivity index (χ3n) is 16.7. The molecule has 4 saturated heterocycles. The second kappa shape index (κ2) is 13.4. The van der Waals surface area contributed by atoms with Gasteiger partial charge in [-0.05, 0) is 93.3 Å². The van der Waals surface area contributed by atoms with Crippen LogP contribution in [0.3, 0.4) is 0 Å². The summed E-state index contributed by atoms with van der Waals surface area (Å²) in [6, 6.07) is 0. The Labute approximate surface area is 319 Å². The fourth-order valence-electron chi connectivity index (χ4n) is 14.4. The molecule has 2 bridgehead atoms. The van der Waals surface area contributed by atoms with Crippen LogP contribution in [-0.4, -0.2) is 134 Å². The van der Waals surface area contributed by atoms with Crippen LogP contribution in [-0.2, 0) is 28.4 Å². The van der Waals surface area contributed by atoms with Crippen molar-refractivity contribution in [2.75, 3.05) is 19.8 Å². The van der Waals surface area contributed by atoms with E-state index in [0.29, 0.717) is 31.3 Å². The van der Waals surface area contributed by atoms with Gasteiger partial charge in [-0.15, -0.1) is 0 Å².